The summed E-state index contributed by atoms with van der Waals surface area (Å²) in [5.41, 5.74) is 8.05. The number of aromatic nitrogens is 1. The first-order valence-corrected chi connectivity index (χ1v) is 9.73. The van der Waals surface area contributed by atoms with Crippen molar-refractivity contribution in [1.82, 2.24) is 4.98 Å². The second kappa shape index (κ2) is 8.58. The second-order valence-corrected chi connectivity index (χ2v) is 8.00. The predicted octanol–water partition coefficient (Wildman–Crippen LogP) is 5.07. The first-order valence-electron chi connectivity index (χ1n) is 8.91. The molecular formula is C21H21F2N3OS. The summed E-state index contributed by atoms with van der Waals surface area (Å²) in [5, 5.41) is 3.44. The first kappa shape index (κ1) is 20.1. The van der Waals surface area contributed by atoms with Crippen molar-refractivity contribution >= 4 is 22.2 Å². The van der Waals surface area contributed by atoms with Crippen LogP contribution >= 0.6 is 11.3 Å². The van der Waals surface area contributed by atoms with Gasteiger partial charge in [0.1, 0.15) is 0 Å². The maximum absolute atomic E-state index is 13.8. The van der Waals surface area contributed by atoms with Crippen LogP contribution in [0.2, 0.25) is 0 Å². The van der Waals surface area contributed by atoms with Gasteiger partial charge in [-0.15, -0.1) is 11.3 Å². The van der Waals surface area contributed by atoms with E-state index in [4.69, 9.17) is 5.73 Å². The zero-order valence-corrected chi connectivity index (χ0v) is 16.4. The van der Waals surface area contributed by atoms with Gasteiger partial charge in [-0.3, -0.25) is 9.78 Å². The number of nitrogens with one attached hydrogen (secondary N) is 1. The Bertz CT molecular complexity index is 973. The summed E-state index contributed by atoms with van der Waals surface area (Å²) >= 11 is 1.35. The molecule has 1 atom stereocenters. The van der Waals surface area contributed by atoms with Gasteiger partial charge in [-0.1, -0.05) is 19.9 Å². The summed E-state index contributed by atoms with van der Waals surface area (Å²) in [6.07, 6.45) is 3.88. The number of halogens is 2. The minimum absolute atomic E-state index is 0.270. The van der Waals surface area contributed by atoms with Gasteiger partial charge in [0.2, 0.25) is 5.91 Å². The van der Waals surface area contributed by atoms with E-state index in [-0.39, 0.29) is 5.91 Å². The van der Waals surface area contributed by atoms with Crippen molar-refractivity contribution in [1.29, 1.82) is 0 Å². The summed E-state index contributed by atoms with van der Waals surface area (Å²) in [4.78, 5) is 17.2. The zero-order chi connectivity index (χ0) is 20.3. The standard InChI is InChI=1S/C21H21F2N3OS/c1-12(2)9-18(24)21(27)26-19-11-15(14-3-4-16(22)17(23)10-14)20(28-19)13-5-7-25-8-6-13/h3-8,10-12,18H,9,24H2,1-2H3,(H,26,27)/t18-/m0/s1. The molecule has 0 bridgehead atoms. The molecule has 0 radical (unpaired) electrons. The van der Waals surface area contributed by atoms with Gasteiger partial charge in [-0.05, 0) is 53.8 Å². The van der Waals surface area contributed by atoms with E-state index >= 15 is 0 Å². The van der Waals surface area contributed by atoms with E-state index in [0.717, 1.165) is 22.6 Å². The highest BCUT2D eigenvalue weighted by Gasteiger charge is 2.19. The van der Waals surface area contributed by atoms with Gasteiger partial charge >= 0.3 is 0 Å². The van der Waals surface area contributed by atoms with Gasteiger partial charge < -0.3 is 11.1 Å². The number of benzene rings is 1. The molecule has 7 heteroatoms. The summed E-state index contributed by atoms with van der Waals surface area (Å²) in [7, 11) is 0. The molecule has 3 rings (SSSR count). The average Bonchev–Trinajstić information content (AvgIpc) is 3.08. The van der Waals surface area contributed by atoms with Crippen molar-refractivity contribution in [2.24, 2.45) is 11.7 Å². The summed E-state index contributed by atoms with van der Waals surface area (Å²) < 4.78 is 27.1. The van der Waals surface area contributed by atoms with E-state index in [1.54, 1.807) is 18.5 Å². The first-order chi connectivity index (χ1) is 13.3. The molecule has 1 amide bonds. The van der Waals surface area contributed by atoms with Gasteiger partial charge in [0.15, 0.2) is 11.6 Å². The lowest BCUT2D eigenvalue weighted by Gasteiger charge is -2.13. The number of thiophene rings is 1. The summed E-state index contributed by atoms with van der Waals surface area (Å²) in [6.45, 7) is 4.00. The Hall–Kier alpha value is -2.64. The Morgan fingerprint density at radius 3 is 2.46 bits per heavy atom. The van der Waals surface area contributed by atoms with Crippen molar-refractivity contribution in [2.75, 3.05) is 5.32 Å². The van der Waals surface area contributed by atoms with Crippen LogP contribution in [-0.4, -0.2) is 16.9 Å². The van der Waals surface area contributed by atoms with Crippen molar-refractivity contribution in [3.8, 4) is 21.6 Å². The molecule has 0 aliphatic carbocycles. The third-order valence-corrected chi connectivity index (χ3v) is 5.31. The smallest absolute Gasteiger partial charge is 0.241 e. The quantitative estimate of drug-likeness (QED) is 0.606. The highest BCUT2D eigenvalue weighted by molar-refractivity contribution is 7.20. The average molecular weight is 401 g/mol. The van der Waals surface area contributed by atoms with Crippen LogP contribution < -0.4 is 11.1 Å². The van der Waals surface area contributed by atoms with Crippen molar-refractivity contribution < 1.29 is 13.6 Å². The number of anilines is 1. The highest BCUT2D eigenvalue weighted by atomic mass is 32.1. The number of pyridine rings is 1. The second-order valence-electron chi connectivity index (χ2n) is 6.94. The van der Waals surface area contributed by atoms with E-state index in [9.17, 15) is 13.6 Å². The highest BCUT2D eigenvalue weighted by Crippen LogP contribution is 2.42. The molecule has 0 aliphatic heterocycles. The topological polar surface area (TPSA) is 68.0 Å². The van der Waals surface area contributed by atoms with Crippen molar-refractivity contribution in [3.05, 3.63) is 60.4 Å². The van der Waals surface area contributed by atoms with Gasteiger partial charge in [0.25, 0.3) is 0 Å². The maximum atomic E-state index is 13.8. The molecule has 2 aromatic heterocycles. The number of amides is 1. The fraction of sp³-hybridized carbons (Fsp3) is 0.238. The molecule has 3 aromatic rings. The van der Waals surface area contributed by atoms with E-state index in [2.05, 4.69) is 10.3 Å². The van der Waals surface area contributed by atoms with E-state index in [1.807, 2.05) is 26.0 Å². The van der Waals surface area contributed by atoms with E-state index in [1.165, 1.54) is 17.4 Å². The number of nitrogens with two attached hydrogens (primary N) is 1. The number of carbonyl (C=O) groups is 1. The zero-order valence-electron chi connectivity index (χ0n) is 15.6. The molecule has 28 heavy (non-hydrogen) atoms. The fourth-order valence-corrected chi connectivity index (χ4v) is 3.97. The molecule has 3 N–H and O–H groups in total. The number of hydrogen-bond acceptors (Lipinski definition) is 4. The maximum Gasteiger partial charge on any atom is 0.241 e. The number of hydrogen-bond donors (Lipinski definition) is 2. The molecule has 2 heterocycles. The molecule has 0 aliphatic rings. The van der Waals surface area contributed by atoms with Crippen molar-refractivity contribution in [2.45, 2.75) is 26.3 Å². The Morgan fingerprint density at radius 2 is 1.82 bits per heavy atom. The third-order valence-electron chi connectivity index (χ3n) is 4.21. The Kier molecular flexibility index (Phi) is 6.16. The van der Waals surface area contributed by atoms with Crippen LogP contribution in [0.3, 0.4) is 0 Å². The normalized spacial score (nSPS) is 12.2. The van der Waals surface area contributed by atoms with Gasteiger partial charge in [-0.2, -0.15) is 0 Å². The predicted molar refractivity (Wildman–Crippen MR) is 109 cm³/mol. The van der Waals surface area contributed by atoms with Crippen LogP contribution in [0.4, 0.5) is 13.8 Å². The molecule has 0 spiro atoms. The minimum Gasteiger partial charge on any atom is -0.320 e. The third kappa shape index (κ3) is 4.61. The van der Waals surface area contributed by atoms with Crippen LogP contribution in [0.1, 0.15) is 20.3 Å². The largest absolute Gasteiger partial charge is 0.320 e. The molecular weight excluding hydrogens is 380 g/mol. The van der Waals surface area contributed by atoms with E-state index < -0.39 is 17.7 Å². The lowest BCUT2D eigenvalue weighted by molar-refractivity contribution is -0.117. The van der Waals surface area contributed by atoms with E-state index in [0.29, 0.717) is 28.5 Å². The van der Waals surface area contributed by atoms with Crippen LogP contribution in [0.25, 0.3) is 21.6 Å². The summed E-state index contributed by atoms with van der Waals surface area (Å²) in [6, 6.07) is 8.55. The van der Waals surface area contributed by atoms with Gasteiger partial charge in [0, 0.05) is 22.8 Å². The Labute approximate surface area is 166 Å². The Morgan fingerprint density at radius 1 is 1.11 bits per heavy atom. The molecule has 146 valence electrons. The SMILES string of the molecule is CC(C)C[C@H](N)C(=O)Nc1cc(-c2ccc(F)c(F)c2)c(-c2ccncc2)s1. The number of carbonyl (C=O) groups excluding carboxylic acids is 1. The van der Waals surface area contributed by atoms with Crippen LogP contribution in [0.5, 0.6) is 0 Å². The lowest BCUT2D eigenvalue weighted by Crippen LogP contribution is -2.36. The lowest BCUT2D eigenvalue weighted by atomic mass is 10.0. The minimum atomic E-state index is -0.922. The molecule has 0 fully saturated rings. The number of nitrogens with zero attached hydrogens (tertiary/aromatic N) is 1. The monoisotopic (exact) mass is 401 g/mol. The van der Waals surface area contributed by atoms with Crippen LogP contribution in [0, 0.1) is 17.6 Å². The van der Waals surface area contributed by atoms with Crippen molar-refractivity contribution in [3.63, 3.8) is 0 Å². The Balaban J connectivity index is 1.98. The molecule has 4 nitrogen and oxygen atoms in total. The molecule has 0 saturated carbocycles. The van der Waals surface area contributed by atoms with Gasteiger partial charge in [0.05, 0.1) is 11.0 Å². The summed E-state index contributed by atoms with van der Waals surface area (Å²) in [5.74, 6) is -1.80. The van der Waals surface area contributed by atoms with Gasteiger partial charge in [-0.25, -0.2) is 8.78 Å². The number of rotatable bonds is 6. The van der Waals surface area contributed by atoms with Crippen LogP contribution in [-0.2, 0) is 4.79 Å². The molecule has 0 saturated heterocycles. The molecule has 0 unspecified atom stereocenters. The molecule has 1 aromatic carbocycles. The van der Waals surface area contributed by atoms with Crippen LogP contribution in [0.15, 0.2) is 48.8 Å². The fourth-order valence-electron chi connectivity index (χ4n) is 2.88.